The molecule has 1 aromatic carbocycles. The lowest BCUT2D eigenvalue weighted by atomic mass is 10.2. The lowest BCUT2D eigenvalue weighted by Gasteiger charge is -1.91. The first-order chi connectivity index (χ1) is 28.6. The fourth-order valence-electron chi connectivity index (χ4n) is 2.73. The second kappa shape index (κ2) is 51.9. The third kappa shape index (κ3) is 64.8. The van der Waals surface area contributed by atoms with E-state index in [1.807, 2.05) is 142 Å². The molecular weight excluding hydrogens is 735 g/mol. The van der Waals surface area contributed by atoms with Crippen molar-refractivity contribution >= 4 is 16.6 Å². The van der Waals surface area contributed by atoms with Crippen LogP contribution in [0.4, 0.5) is 0 Å². The standard InChI is InChI=1S/C9H7N.C7H6N2.2C5H5N.C4H4O.5C4H10.2C2H6/c1-2-6-9-8(4-1)5-3-7-10-9;1-2-5-9-6-4-8-7(9)3-1;2*1-2-4-6-5-3-1;1-2-4-5-3-1;5*1-4(2)3;2*1-2/h1-7H;1-6H;2*1-5H;1-4H;5*4H,1-3H3;2*1-2H3. The number of para-hydroxylation sites is 1. The summed E-state index contributed by atoms with van der Waals surface area (Å²) in [5.41, 5.74) is 2.06. The van der Waals surface area contributed by atoms with Gasteiger partial charge in [0.25, 0.3) is 0 Å². The fourth-order valence-corrected chi connectivity index (χ4v) is 2.73. The SMILES string of the molecule is CC.CC.CC(C)C.CC(C)C.CC(C)C.CC(C)C.CC(C)C.c1ccc2ncccc2c1.c1ccn2ccnc2c1.c1ccncc1.c1ccncc1.c1ccoc1. The van der Waals surface area contributed by atoms with Crippen LogP contribution < -0.4 is 0 Å². The Bertz CT molecular complexity index is 1440. The number of furan rings is 1. The van der Waals surface area contributed by atoms with E-state index in [0.717, 1.165) is 40.8 Å². The molecule has 0 radical (unpaired) electrons. The molecule has 6 heterocycles. The van der Waals surface area contributed by atoms with Crippen LogP contribution in [0.1, 0.15) is 132 Å². The van der Waals surface area contributed by atoms with Crippen LogP contribution in [-0.4, -0.2) is 24.3 Å². The smallest absolute Gasteiger partial charge is 0.136 e. The monoisotopic (exact) mass is 824 g/mol. The summed E-state index contributed by atoms with van der Waals surface area (Å²) in [5.74, 6) is 4.17. The Morgan fingerprint density at radius 3 is 1.07 bits per heavy atom. The molecule has 0 N–H and O–H groups in total. The maximum Gasteiger partial charge on any atom is 0.136 e. The van der Waals surface area contributed by atoms with Crippen molar-refractivity contribution < 1.29 is 4.42 Å². The molecule has 336 valence electrons. The van der Waals surface area contributed by atoms with Gasteiger partial charge in [0, 0.05) is 55.0 Å². The Kier molecular flexibility index (Phi) is 55.4. The van der Waals surface area contributed by atoms with Crippen molar-refractivity contribution in [3.8, 4) is 0 Å². The van der Waals surface area contributed by atoms with Crippen molar-refractivity contribution in [3.63, 3.8) is 0 Å². The molecule has 0 saturated heterocycles. The molecular formula is C54H89N5O. The molecule has 0 aliphatic heterocycles. The van der Waals surface area contributed by atoms with Crippen molar-refractivity contribution in [3.05, 3.63) is 165 Å². The molecule has 0 aliphatic carbocycles. The van der Waals surface area contributed by atoms with Gasteiger partial charge in [0.15, 0.2) is 0 Å². The van der Waals surface area contributed by atoms with Crippen LogP contribution in [0.25, 0.3) is 16.6 Å². The minimum atomic E-state index is 0.833. The predicted molar refractivity (Wildman–Crippen MR) is 269 cm³/mol. The largest absolute Gasteiger partial charge is 0.473 e. The molecule has 0 fully saturated rings. The summed E-state index contributed by atoms with van der Waals surface area (Å²) in [7, 11) is 0. The highest BCUT2D eigenvalue weighted by atomic mass is 16.3. The van der Waals surface area contributed by atoms with Gasteiger partial charge in [0.2, 0.25) is 0 Å². The van der Waals surface area contributed by atoms with Gasteiger partial charge in [-0.3, -0.25) is 15.0 Å². The van der Waals surface area contributed by atoms with Crippen LogP contribution in [0.2, 0.25) is 0 Å². The molecule has 0 atom stereocenters. The van der Waals surface area contributed by atoms with Gasteiger partial charge < -0.3 is 8.82 Å². The molecule has 0 unspecified atom stereocenters. The van der Waals surface area contributed by atoms with Crippen molar-refractivity contribution in [2.45, 2.75) is 132 Å². The molecule has 0 aliphatic rings. The molecule has 6 heteroatoms. The summed E-state index contributed by atoms with van der Waals surface area (Å²) in [6, 6.07) is 33.1. The normalized spacial score (nSPS) is 8.67. The van der Waals surface area contributed by atoms with Crippen molar-refractivity contribution in [2.75, 3.05) is 0 Å². The van der Waals surface area contributed by atoms with E-state index >= 15 is 0 Å². The zero-order valence-corrected chi connectivity index (χ0v) is 41.6. The molecule has 7 aromatic rings. The van der Waals surface area contributed by atoms with E-state index in [1.54, 1.807) is 43.5 Å². The Hall–Kier alpha value is -5.10. The topological polar surface area (TPSA) is 69.1 Å². The Balaban J connectivity index is -0.000000189. The Morgan fingerprint density at radius 1 is 0.367 bits per heavy atom. The highest BCUT2D eigenvalue weighted by Gasteiger charge is 1.87. The number of benzene rings is 1. The molecule has 6 aromatic heterocycles. The van der Waals surface area contributed by atoms with Gasteiger partial charge in [0.05, 0.1) is 18.0 Å². The number of hydrogen-bond donors (Lipinski definition) is 0. The van der Waals surface area contributed by atoms with Crippen LogP contribution in [0.15, 0.2) is 170 Å². The van der Waals surface area contributed by atoms with Crippen molar-refractivity contribution in [1.29, 1.82) is 0 Å². The summed E-state index contributed by atoms with van der Waals surface area (Å²) >= 11 is 0. The number of nitrogens with zero attached hydrogens (tertiary/aromatic N) is 5. The van der Waals surface area contributed by atoms with Gasteiger partial charge >= 0.3 is 0 Å². The van der Waals surface area contributed by atoms with Gasteiger partial charge in [0.1, 0.15) is 5.65 Å². The summed E-state index contributed by atoms with van der Waals surface area (Å²) in [4.78, 5) is 15.8. The highest BCUT2D eigenvalue weighted by molar-refractivity contribution is 5.77. The third-order valence-electron chi connectivity index (χ3n) is 4.37. The van der Waals surface area contributed by atoms with Crippen LogP contribution in [0.5, 0.6) is 0 Å². The van der Waals surface area contributed by atoms with Gasteiger partial charge in [-0.05, 0) is 90.3 Å². The molecule has 0 saturated carbocycles. The number of pyridine rings is 4. The minimum absolute atomic E-state index is 0.833. The summed E-state index contributed by atoms with van der Waals surface area (Å²) in [6.07, 6.45) is 17.7. The van der Waals surface area contributed by atoms with Crippen molar-refractivity contribution in [1.82, 2.24) is 24.3 Å². The number of aromatic nitrogens is 5. The molecule has 7 rings (SSSR count). The van der Waals surface area contributed by atoms with E-state index in [-0.39, 0.29) is 0 Å². The van der Waals surface area contributed by atoms with E-state index in [0.29, 0.717) is 0 Å². The Morgan fingerprint density at radius 2 is 0.750 bits per heavy atom. The van der Waals surface area contributed by atoms with E-state index in [2.05, 4.69) is 140 Å². The molecule has 0 spiro atoms. The van der Waals surface area contributed by atoms with Gasteiger partial charge in [-0.15, -0.1) is 0 Å². The summed E-state index contributed by atoms with van der Waals surface area (Å²) < 4.78 is 6.56. The molecule has 0 bridgehead atoms. The van der Waals surface area contributed by atoms with Gasteiger partial charge in [-0.1, -0.05) is 174 Å². The van der Waals surface area contributed by atoms with Gasteiger partial charge in [-0.2, -0.15) is 0 Å². The van der Waals surface area contributed by atoms with Crippen molar-refractivity contribution in [2.24, 2.45) is 29.6 Å². The second-order valence-electron chi connectivity index (χ2n) is 15.6. The first-order valence-electron chi connectivity index (χ1n) is 21.9. The highest BCUT2D eigenvalue weighted by Crippen LogP contribution is 2.08. The summed E-state index contributed by atoms with van der Waals surface area (Å²) in [6.45, 7) is 40.5. The number of fused-ring (bicyclic) bond motifs is 2. The van der Waals surface area contributed by atoms with E-state index in [9.17, 15) is 0 Å². The lowest BCUT2D eigenvalue weighted by molar-refractivity contribution is 0.567. The third-order valence-corrected chi connectivity index (χ3v) is 4.37. The van der Waals surface area contributed by atoms with E-state index in [4.69, 9.17) is 0 Å². The number of imidazole rings is 1. The lowest BCUT2D eigenvalue weighted by Crippen LogP contribution is -1.77. The zero-order chi connectivity index (χ0) is 46.8. The molecule has 60 heavy (non-hydrogen) atoms. The number of hydrogen-bond acceptors (Lipinski definition) is 5. The van der Waals surface area contributed by atoms with Crippen LogP contribution in [-0.2, 0) is 0 Å². The first kappa shape index (κ1) is 64.1. The average Bonchev–Trinajstić information content (AvgIpc) is 3.97. The van der Waals surface area contributed by atoms with Gasteiger partial charge in [-0.25, -0.2) is 4.98 Å². The van der Waals surface area contributed by atoms with Crippen LogP contribution >= 0.6 is 0 Å². The quantitative estimate of drug-likeness (QED) is 0.152. The van der Waals surface area contributed by atoms with E-state index < -0.39 is 0 Å². The zero-order valence-electron chi connectivity index (χ0n) is 41.6. The minimum Gasteiger partial charge on any atom is -0.473 e. The van der Waals surface area contributed by atoms with Crippen LogP contribution in [0.3, 0.4) is 0 Å². The van der Waals surface area contributed by atoms with Crippen LogP contribution in [0, 0.1) is 29.6 Å². The first-order valence-corrected chi connectivity index (χ1v) is 21.9. The number of rotatable bonds is 0. The Labute approximate surface area is 370 Å². The van der Waals surface area contributed by atoms with E-state index in [1.165, 1.54) is 5.39 Å². The maximum absolute atomic E-state index is 4.58. The fraction of sp³-hybridized carbons (Fsp3) is 0.444. The average molecular weight is 824 g/mol. The summed E-state index contributed by atoms with van der Waals surface area (Å²) in [5, 5.41) is 1.20. The predicted octanol–water partition coefficient (Wildman–Crippen LogP) is 17.4. The maximum atomic E-state index is 4.58. The molecule has 0 amide bonds. The molecule has 6 nitrogen and oxygen atoms in total. The second-order valence-corrected chi connectivity index (χ2v) is 15.6.